The third kappa shape index (κ3) is 4.40. The van der Waals surface area contributed by atoms with Crippen molar-refractivity contribution in [3.63, 3.8) is 0 Å². The number of nitrogens with zero attached hydrogens (tertiary/aromatic N) is 1. The summed E-state index contributed by atoms with van der Waals surface area (Å²) in [5, 5.41) is 12.6. The van der Waals surface area contributed by atoms with E-state index in [1.165, 1.54) is 10.9 Å². The molecular formula is C23H26N4O4. The van der Waals surface area contributed by atoms with Gasteiger partial charge >= 0.3 is 0 Å². The van der Waals surface area contributed by atoms with E-state index in [4.69, 9.17) is 9.94 Å². The molecule has 2 heterocycles. The number of H-pyrrole nitrogens is 1. The first-order valence-corrected chi connectivity index (χ1v) is 10.3. The van der Waals surface area contributed by atoms with E-state index >= 15 is 0 Å². The van der Waals surface area contributed by atoms with Gasteiger partial charge in [-0.2, -0.15) is 0 Å². The van der Waals surface area contributed by atoms with Gasteiger partial charge in [-0.3, -0.25) is 19.7 Å². The number of nitrogens with one attached hydrogen (secondary N) is 3. The van der Waals surface area contributed by atoms with E-state index in [1.54, 1.807) is 12.6 Å². The number of rotatable bonds is 7. The van der Waals surface area contributed by atoms with Gasteiger partial charge in [0.15, 0.2) is 0 Å². The van der Waals surface area contributed by atoms with E-state index < -0.39 is 5.91 Å². The summed E-state index contributed by atoms with van der Waals surface area (Å²) >= 11 is 0. The minimum absolute atomic E-state index is 0.0241. The van der Waals surface area contributed by atoms with E-state index in [9.17, 15) is 9.59 Å². The van der Waals surface area contributed by atoms with Crippen LogP contribution in [0.5, 0.6) is 5.75 Å². The number of hydrogen-bond acceptors (Lipinski definition) is 5. The molecule has 1 aromatic heterocycles. The fourth-order valence-electron chi connectivity index (χ4n) is 4.24. The molecule has 2 amide bonds. The minimum Gasteiger partial charge on any atom is -0.497 e. The molecule has 1 aliphatic heterocycles. The lowest BCUT2D eigenvalue weighted by atomic mass is 9.92. The number of hydroxylamine groups is 1. The van der Waals surface area contributed by atoms with Gasteiger partial charge in [0.1, 0.15) is 5.75 Å². The Hall–Kier alpha value is -3.36. The Kier molecular flexibility index (Phi) is 6.20. The summed E-state index contributed by atoms with van der Waals surface area (Å²) in [7, 11) is 1.64. The Balaban J connectivity index is 1.61. The Bertz CT molecular complexity index is 1080. The van der Waals surface area contributed by atoms with Crippen LogP contribution in [0.3, 0.4) is 0 Å². The standard InChI is InChI=1S/C23H26N4O4/c1-31-16-8-6-15(7-9-16)23-22-18(17-4-2-3-5-19(17)25-22)11-13-27(23)14-21(29)24-12-10-20(28)26-30/h2-9,23,25,30H,10-14H2,1H3,(H,24,29)(H,26,28). The number of aromatic amines is 1. The van der Waals surface area contributed by atoms with Gasteiger partial charge in [-0.25, -0.2) is 5.48 Å². The number of amides is 2. The largest absolute Gasteiger partial charge is 0.497 e. The maximum atomic E-state index is 12.6. The molecule has 0 fully saturated rings. The number of ether oxygens (including phenoxy) is 1. The van der Waals surface area contributed by atoms with Crippen LogP contribution in [0.4, 0.5) is 0 Å². The van der Waals surface area contributed by atoms with Crippen LogP contribution in [-0.2, 0) is 16.0 Å². The lowest BCUT2D eigenvalue weighted by Crippen LogP contribution is -2.43. The first kappa shape index (κ1) is 20.9. The van der Waals surface area contributed by atoms with Crippen LogP contribution in [0.1, 0.15) is 29.3 Å². The topological polar surface area (TPSA) is 107 Å². The normalized spacial score (nSPS) is 16.0. The number of hydrogen-bond donors (Lipinski definition) is 4. The maximum absolute atomic E-state index is 12.6. The number of fused-ring (bicyclic) bond motifs is 3. The van der Waals surface area contributed by atoms with E-state index in [-0.39, 0.29) is 31.5 Å². The lowest BCUT2D eigenvalue weighted by Gasteiger charge is -2.35. The molecule has 0 saturated heterocycles. The first-order valence-electron chi connectivity index (χ1n) is 10.3. The summed E-state index contributed by atoms with van der Waals surface area (Å²) in [5.74, 6) is 0.0868. The summed E-state index contributed by atoms with van der Waals surface area (Å²) < 4.78 is 5.30. The fraction of sp³-hybridized carbons (Fsp3) is 0.304. The Morgan fingerprint density at radius 3 is 2.68 bits per heavy atom. The number of carbonyl (C=O) groups excluding carboxylic acids is 2. The highest BCUT2D eigenvalue weighted by molar-refractivity contribution is 5.85. The second kappa shape index (κ2) is 9.20. The molecule has 162 valence electrons. The average molecular weight is 422 g/mol. The smallest absolute Gasteiger partial charge is 0.245 e. The number of aromatic nitrogens is 1. The van der Waals surface area contributed by atoms with Crippen molar-refractivity contribution < 1.29 is 19.5 Å². The molecule has 0 radical (unpaired) electrons. The molecule has 8 heteroatoms. The predicted octanol–water partition coefficient (Wildman–Crippen LogP) is 2.14. The number of carbonyl (C=O) groups is 2. The second-order valence-electron chi connectivity index (χ2n) is 7.59. The lowest BCUT2D eigenvalue weighted by molar-refractivity contribution is -0.129. The summed E-state index contributed by atoms with van der Waals surface area (Å²) in [6.45, 7) is 1.10. The molecule has 2 aromatic carbocycles. The van der Waals surface area contributed by atoms with Gasteiger partial charge in [0, 0.05) is 36.1 Å². The molecule has 0 bridgehead atoms. The molecule has 1 atom stereocenters. The minimum atomic E-state index is -0.530. The molecule has 31 heavy (non-hydrogen) atoms. The van der Waals surface area contributed by atoms with Gasteiger partial charge in [0.05, 0.1) is 19.7 Å². The van der Waals surface area contributed by atoms with Crippen LogP contribution in [0.25, 0.3) is 10.9 Å². The molecule has 1 unspecified atom stereocenters. The van der Waals surface area contributed by atoms with E-state index in [2.05, 4.69) is 27.3 Å². The van der Waals surface area contributed by atoms with Crippen LogP contribution in [-0.4, -0.2) is 53.6 Å². The van der Waals surface area contributed by atoms with Crippen molar-refractivity contribution in [2.75, 3.05) is 26.7 Å². The zero-order valence-corrected chi connectivity index (χ0v) is 17.4. The molecule has 0 saturated carbocycles. The highest BCUT2D eigenvalue weighted by atomic mass is 16.5. The molecule has 3 aromatic rings. The van der Waals surface area contributed by atoms with E-state index in [1.807, 2.05) is 36.4 Å². The molecule has 8 nitrogen and oxygen atoms in total. The van der Waals surface area contributed by atoms with Crippen molar-refractivity contribution >= 4 is 22.7 Å². The molecular weight excluding hydrogens is 396 g/mol. The van der Waals surface area contributed by atoms with Crippen molar-refractivity contribution in [3.05, 3.63) is 65.4 Å². The van der Waals surface area contributed by atoms with Crippen LogP contribution in [0.15, 0.2) is 48.5 Å². The molecule has 4 N–H and O–H groups in total. The van der Waals surface area contributed by atoms with Gasteiger partial charge in [0.25, 0.3) is 0 Å². The van der Waals surface area contributed by atoms with Crippen molar-refractivity contribution in [3.8, 4) is 5.75 Å². The second-order valence-corrected chi connectivity index (χ2v) is 7.59. The SMILES string of the molecule is COc1ccc(C2c3[nH]c4ccccc4c3CCN2CC(=O)NCCC(=O)NO)cc1. The van der Waals surface area contributed by atoms with Crippen molar-refractivity contribution in [1.82, 2.24) is 20.7 Å². The van der Waals surface area contributed by atoms with Gasteiger partial charge < -0.3 is 15.0 Å². The Morgan fingerprint density at radius 2 is 1.94 bits per heavy atom. The summed E-state index contributed by atoms with van der Waals surface area (Å²) in [6.07, 6.45) is 0.864. The van der Waals surface area contributed by atoms with Gasteiger partial charge in [-0.1, -0.05) is 30.3 Å². The van der Waals surface area contributed by atoms with Crippen LogP contribution < -0.4 is 15.5 Å². The predicted molar refractivity (Wildman–Crippen MR) is 116 cm³/mol. The number of methoxy groups -OCH3 is 1. The van der Waals surface area contributed by atoms with Crippen LogP contribution >= 0.6 is 0 Å². The molecule has 4 rings (SSSR count). The van der Waals surface area contributed by atoms with Crippen molar-refractivity contribution in [2.45, 2.75) is 18.9 Å². The highest BCUT2D eigenvalue weighted by Crippen LogP contribution is 2.38. The monoisotopic (exact) mass is 422 g/mol. The highest BCUT2D eigenvalue weighted by Gasteiger charge is 2.32. The fourth-order valence-corrected chi connectivity index (χ4v) is 4.24. The number of para-hydroxylation sites is 1. The Labute approximate surface area is 180 Å². The zero-order valence-electron chi connectivity index (χ0n) is 17.4. The van der Waals surface area contributed by atoms with E-state index in [0.717, 1.165) is 35.5 Å². The van der Waals surface area contributed by atoms with E-state index in [0.29, 0.717) is 0 Å². The molecule has 1 aliphatic rings. The van der Waals surface area contributed by atoms with Crippen LogP contribution in [0, 0.1) is 0 Å². The van der Waals surface area contributed by atoms with Gasteiger partial charge in [-0.15, -0.1) is 0 Å². The zero-order chi connectivity index (χ0) is 21.8. The quantitative estimate of drug-likeness (QED) is 0.345. The third-order valence-electron chi connectivity index (χ3n) is 5.71. The summed E-state index contributed by atoms with van der Waals surface area (Å²) in [4.78, 5) is 29.4. The first-order chi connectivity index (χ1) is 15.1. The van der Waals surface area contributed by atoms with Gasteiger partial charge in [0.2, 0.25) is 11.8 Å². The maximum Gasteiger partial charge on any atom is 0.245 e. The van der Waals surface area contributed by atoms with Crippen molar-refractivity contribution in [2.24, 2.45) is 0 Å². The van der Waals surface area contributed by atoms with Crippen LogP contribution in [0.2, 0.25) is 0 Å². The Morgan fingerprint density at radius 1 is 1.16 bits per heavy atom. The summed E-state index contributed by atoms with van der Waals surface area (Å²) in [5.41, 5.74) is 6.11. The number of benzene rings is 2. The molecule has 0 spiro atoms. The van der Waals surface area contributed by atoms with Crippen molar-refractivity contribution in [1.29, 1.82) is 0 Å². The molecule has 0 aliphatic carbocycles. The third-order valence-corrected chi connectivity index (χ3v) is 5.71. The summed E-state index contributed by atoms with van der Waals surface area (Å²) in [6, 6.07) is 16.1. The average Bonchev–Trinajstić information content (AvgIpc) is 3.17. The van der Waals surface area contributed by atoms with Gasteiger partial charge in [-0.05, 0) is 35.7 Å².